The van der Waals surface area contributed by atoms with Crippen LogP contribution in [0, 0.1) is 5.92 Å². The van der Waals surface area contributed by atoms with Gasteiger partial charge >= 0.3 is 5.97 Å². The van der Waals surface area contributed by atoms with Crippen LogP contribution in [-0.2, 0) is 14.3 Å². The van der Waals surface area contributed by atoms with Crippen molar-refractivity contribution in [3.05, 3.63) is 0 Å². The van der Waals surface area contributed by atoms with E-state index in [1.807, 2.05) is 13.8 Å². The molecule has 16 heavy (non-hydrogen) atoms. The van der Waals surface area contributed by atoms with Gasteiger partial charge in [0.2, 0.25) is 0 Å². The largest absolute Gasteiger partial charge is 0.466 e. The number of hydrogen-bond acceptors (Lipinski definition) is 4. The van der Waals surface area contributed by atoms with Crippen molar-refractivity contribution in [1.29, 1.82) is 0 Å². The zero-order valence-electron chi connectivity index (χ0n) is 11.2. The van der Waals surface area contributed by atoms with E-state index in [9.17, 15) is 4.79 Å². The van der Waals surface area contributed by atoms with E-state index in [2.05, 4.69) is 18.7 Å². The Bertz CT molecular complexity index is 195. The fraction of sp³-hybridized carbons (Fsp3) is 0.917. The van der Waals surface area contributed by atoms with Gasteiger partial charge in [0.15, 0.2) is 0 Å². The van der Waals surface area contributed by atoms with Crippen LogP contribution >= 0.6 is 0 Å². The zero-order valence-corrected chi connectivity index (χ0v) is 11.2. The van der Waals surface area contributed by atoms with Crippen LogP contribution in [-0.4, -0.2) is 50.3 Å². The quantitative estimate of drug-likeness (QED) is 0.594. The Labute approximate surface area is 98.9 Å². The van der Waals surface area contributed by atoms with Crippen molar-refractivity contribution in [3.63, 3.8) is 0 Å². The van der Waals surface area contributed by atoms with Crippen LogP contribution in [0.3, 0.4) is 0 Å². The van der Waals surface area contributed by atoms with Crippen molar-refractivity contribution in [3.8, 4) is 0 Å². The molecule has 0 aliphatic heterocycles. The van der Waals surface area contributed by atoms with Crippen molar-refractivity contribution >= 4 is 5.97 Å². The molecule has 0 amide bonds. The van der Waals surface area contributed by atoms with Crippen molar-refractivity contribution in [2.24, 2.45) is 5.92 Å². The SMILES string of the molecule is CCOC(=O)C(C)CN(CCOC)C(C)C. The molecule has 0 N–H and O–H groups in total. The standard InChI is InChI=1S/C12H25NO3/c1-6-16-12(14)11(4)9-13(10(2)3)7-8-15-5/h10-11H,6-9H2,1-5H3. The number of ether oxygens (including phenoxy) is 2. The normalized spacial score (nSPS) is 13.2. The van der Waals surface area contributed by atoms with E-state index < -0.39 is 0 Å². The Morgan fingerprint density at radius 3 is 2.38 bits per heavy atom. The van der Waals surface area contributed by atoms with Gasteiger partial charge in [-0.15, -0.1) is 0 Å². The third-order valence-corrected chi connectivity index (χ3v) is 2.51. The molecule has 0 rings (SSSR count). The van der Waals surface area contributed by atoms with Gasteiger partial charge in [-0.05, 0) is 20.8 Å². The van der Waals surface area contributed by atoms with Gasteiger partial charge in [-0.25, -0.2) is 0 Å². The van der Waals surface area contributed by atoms with Crippen LogP contribution < -0.4 is 0 Å². The number of carbonyl (C=O) groups is 1. The summed E-state index contributed by atoms with van der Waals surface area (Å²) < 4.78 is 10.0. The van der Waals surface area contributed by atoms with E-state index in [4.69, 9.17) is 9.47 Å². The minimum Gasteiger partial charge on any atom is -0.466 e. The summed E-state index contributed by atoms with van der Waals surface area (Å²) in [7, 11) is 1.69. The molecule has 0 saturated heterocycles. The average Bonchev–Trinajstić information content (AvgIpc) is 2.23. The molecule has 0 bridgehead atoms. The topological polar surface area (TPSA) is 38.8 Å². The third-order valence-electron chi connectivity index (χ3n) is 2.51. The first-order chi connectivity index (χ1) is 7.52. The molecule has 0 aliphatic carbocycles. The summed E-state index contributed by atoms with van der Waals surface area (Å²) in [6, 6.07) is 0.409. The molecule has 96 valence electrons. The maximum Gasteiger partial charge on any atom is 0.309 e. The Balaban J connectivity index is 4.11. The second kappa shape index (κ2) is 8.53. The highest BCUT2D eigenvalue weighted by Crippen LogP contribution is 2.06. The van der Waals surface area contributed by atoms with Crippen molar-refractivity contribution in [2.75, 3.05) is 33.4 Å². The second-order valence-corrected chi connectivity index (χ2v) is 4.23. The van der Waals surface area contributed by atoms with E-state index in [1.54, 1.807) is 7.11 Å². The van der Waals surface area contributed by atoms with Crippen LogP contribution in [0.4, 0.5) is 0 Å². The van der Waals surface area contributed by atoms with E-state index in [0.29, 0.717) is 19.3 Å². The summed E-state index contributed by atoms with van der Waals surface area (Å²) in [5.41, 5.74) is 0. The molecule has 1 unspecified atom stereocenters. The summed E-state index contributed by atoms with van der Waals surface area (Å²) >= 11 is 0. The summed E-state index contributed by atoms with van der Waals surface area (Å²) in [6.07, 6.45) is 0. The molecular weight excluding hydrogens is 206 g/mol. The Hall–Kier alpha value is -0.610. The van der Waals surface area contributed by atoms with Crippen LogP contribution in [0.25, 0.3) is 0 Å². The number of carbonyl (C=O) groups excluding carboxylic acids is 1. The summed E-state index contributed by atoms with van der Waals surface area (Å²) in [4.78, 5) is 13.7. The lowest BCUT2D eigenvalue weighted by Crippen LogP contribution is -2.39. The Morgan fingerprint density at radius 2 is 1.94 bits per heavy atom. The zero-order chi connectivity index (χ0) is 12.6. The number of nitrogens with zero attached hydrogens (tertiary/aromatic N) is 1. The lowest BCUT2D eigenvalue weighted by atomic mass is 10.1. The first-order valence-electron chi connectivity index (χ1n) is 5.92. The van der Waals surface area contributed by atoms with Gasteiger partial charge in [0.1, 0.15) is 0 Å². The van der Waals surface area contributed by atoms with Gasteiger partial charge in [-0.2, -0.15) is 0 Å². The average molecular weight is 231 g/mol. The highest BCUT2D eigenvalue weighted by atomic mass is 16.5. The highest BCUT2D eigenvalue weighted by Gasteiger charge is 2.19. The van der Waals surface area contributed by atoms with E-state index in [0.717, 1.165) is 13.1 Å². The van der Waals surface area contributed by atoms with Crippen LogP contribution in [0.5, 0.6) is 0 Å². The minimum atomic E-state index is -0.120. The minimum absolute atomic E-state index is 0.0841. The summed E-state index contributed by atoms with van der Waals surface area (Å²) in [5, 5.41) is 0. The third kappa shape index (κ3) is 6.08. The molecule has 0 saturated carbocycles. The Morgan fingerprint density at radius 1 is 1.31 bits per heavy atom. The molecule has 0 radical (unpaired) electrons. The number of hydrogen-bond donors (Lipinski definition) is 0. The second-order valence-electron chi connectivity index (χ2n) is 4.23. The van der Waals surface area contributed by atoms with Crippen molar-refractivity contribution < 1.29 is 14.3 Å². The maximum absolute atomic E-state index is 11.5. The van der Waals surface area contributed by atoms with E-state index in [-0.39, 0.29) is 11.9 Å². The van der Waals surface area contributed by atoms with Crippen LogP contribution in [0.15, 0.2) is 0 Å². The Kier molecular flexibility index (Phi) is 8.21. The first-order valence-corrected chi connectivity index (χ1v) is 5.92. The van der Waals surface area contributed by atoms with E-state index >= 15 is 0 Å². The monoisotopic (exact) mass is 231 g/mol. The summed E-state index contributed by atoms with van der Waals surface area (Å²) in [5.74, 6) is -0.204. The molecule has 4 heteroatoms. The predicted octanol–water partition coefficient (Wildman–Crippen LogP) is 1.54. The van der Waals surface area contributed by atoms with Gasteiger partial charge in [0.05, 0.1) is 19.1 Å². The van der Waals surface area contributed by atoms with E-state index in [1.165, 1.54) is 0 Å². The molecule has 0 fully saturated rings. The number of rotatable bonds is 8. The van der Waals surface area contributed by atoms with Crippen LogP contribution in [0.1, 0.15) is 27.7 Å². The van der Waals surface area contributed by atoms with Gasteiger partial charge in [-0.3, -0.25) is 9.69 Å². The smallest absolute Gasteiger partial charge is 0.309 e. The molecular formula is C12H25NO3. The molecule has 0 aromatic heterocycles. The molecule has 0 spiro atoms. The molecule has 0 heterocycles. The lowest BCUT2D eigenvalue weighted by molar-refractivity contribution is -0.148. The van der Waals surface area contributed by atoms with Crippen LogP contribution in [0.2, 0.25) is 0 Å². The molecule has 1 atom stereocenters. The maximum atomic E-state index is 11.5. The lowest BCUT2D eigenvalue weighted by Gasteiger charge is -2.28. The van der Waals surface area contributed by atoms with Gasteiger partial charge < -0.3 is 9.47 Å². The number of esters is 1. The van der Waals surface area contributed by atoms with Gasteiger partial charge in [0, 0.05) is 26.2 Å². The molecule has 0 aromatic rings. The summed E-state index contributed by atoms with van der Waals surface area (Å²) in [6.45, 7) is 10.7. The van der Waals surface area contributed by atoms with Gasteiger partial charge in [0.25, 0.3) is 0 Å². The highest BCUT2D eigenvalue weighted by molar-refractivity contribution is 5.72. The van der Waals surface area contributed by atoms with Crippen molar-refractivity contribution in [1.82, 2.24) is 4.90 Å². The molecule has 0 aromatic carbocycles. The number of methoxy groups -OCH3 is 1. The van der Waals surface area contributed by atoms with Crippen molar-refractivity contribution in [2.45, 2.75) is 33.7 Å². The fourth-order valence-electron chi connectivity index (χ4n) is 1.48. The predicted molar refractivity (Wildman–Crippen MR) is 64.4 cm³/mol. The molecule has 4 nitrogen and oxygen atoms in total. The first kappa shape index (κ1) is 15.4. The fourth-order valence-corrected chi connectivity index (χ4v) is 1.48. The van der Waals surface area contributed by atoms with Gasteiger partial charge in [-0.1, -0.05) is 6.92 Å². The molecule has 0 aliphatic rings.